The second-order valence-electron chi connectivity index (χ2n) is 5.80. The maximum Gasteiger partial charge on any atom is 0.306 e. The van der Waals surface area contributed by atoms with Gasteiger partial charge in [-0.15, -0.1) is 0 Å². The highest BCUT2D eigenvalue weighted by molar-refractivity contribution is 6.13. The van der Waals surface area contributed by atoms with Crippen LogP contribution in [0.3, 0.4) is 0 Å². The van der Waals surface area contributed by atoms with Gasteiger partial charge in [0.05, 0.1) is 13.0 Å². The molecule has 0 bridgehead atoms. The molecule has 25 heavy (non-hydrogen) atoms. The molecule has 0 aliphatic rings. The van der Waals surface area contributed by atoms with Crippen molar-refractivity contribution in [3.63, 3.8) is 0 Å². The van der Waals surface area contributed by atoms with E-state index in [4.69, 9.17) is 4.74 Å². The van der Waals surface area contributed by atoms with Gasteiger partial charge in [-0.25, -0.2) is 0 Å². The van der Waals surface area contributed by atoms with E-state index in [1.54, 1.807) is 6.92 Å². The largest absolute Gasteiger partial charge is 0.466 e. The van der Waals surface area contributed by atoms with Crippen molar-refractivity contribution in [1.29, 1.82) is 0 Å². The van der Waals surface area contributed by atoms with Crippen molar-refractivity contribution in [2.75, 3.05) is 6.61 Å². The molecule has 0 saturated carbocycles. The Bertz CT molecular complexity index is 898. The van der Waals surface area contributed by atoms with Crippen LogP contribution in [-0.4, -0.2) is 18.4 Å². The molecular weight excluding hydrogens is 312 g/mol. The molecule has 0 radical (unpaired) electrons. The molecule has 0 aliphatic carbocycles. The van der Waals surface area contributed by atoms with E-state index in [1.807, 2.05) is 66.7 Å². The van der Waals surface area contributed by atoms with Crippen molar-refractivity contribution in [3.8, 4) is 11.1 Å². The fraction of sp³-hybridized carbons (Fsp3) is 0.182. The van der Waals surface area contributed by atoms with Crippen molar-refractivity contribution in [2.24, 2.45) is 0 Å². The number of hydrogen-bond acceptors (Lipinski definition) is 3. The summed E-state index contributed by atoms with van der Waals surface area (Å²) in [5.41, 5.74) is 2.56. The number of esters is 1. The molecular formula is C22H20O3. The Morgan fingerprint density at radius 2 is 1.56 bits per heavy atom. The molecule has 3 nitrogen and oxygen atoms in total. The number of ether oxygens (including phenoxy) is 1. The summed E-state index contributed by atoms with van der Waals surface area (Å²) in [6, 6.07) is 21.7. The van der Waals surface area contributed by atoms with Crippen LogP contribution in [0.4, 0.5) is 0 Å². The van der Waals surface area contributed by atoms with Gasteiger partial charge in [0.1, 0.15) is 0 Å². The Kier molecular flexibility index (Phi) is 5.24. The average Bonchev–Trinajstić information content (AvgIpc) is 2.66. The van der Waals surface area contributed by atoms with Gasteiger partial charge in [0, 0.05) is 12.0 Å². The molecule has 0 aliphatic heterocycles. The Morgan fingerprint density at radius 3 is 2.32 bits per heavy atom. The predicted molar refractivity (Wildman–Crippen MR) is 99.6 cm³/mol. The maximum absolute atomic E-state index is 13.0. The Morgan fingerprint density at radius 1 is 0.840 bits per heavy atom. The van der Waals surface area contributed by atoms with Crippen LogP contribution in [0.5, 0.6) is 0 Å². The molecule has 126 valence electrons. The number of ketones is 1. The van der Waals surface area contributed by atoms with E-state index in [2.05, 4.69) is 0 Å². The van der Waals surface area contributed by atoms with Gasteiger partial charge in [0.2, 0.25) is 0 Å². The highest BCUT2D eigenvalue weighted by Gasteiger charge is 2.17. The third-order valence-electron chi connectivity index (χ3n) is 4.15. The quantitative estimate of drug-likeness (QED) is 0.469. The van der Waals surface area contributed by atoms with Crippen LogP contribution in [0, 0.1) is 0 Å². The highest BCUT2D eigenvalue weighted by Crippen LogP contribution is 2.31. The van der Waals surface area contributed by atoms with E-state index in [-0.39, 0.29) is 24.6 Å². The first-order chi connectivity index (χ1) is 12.2. The van der Waals surface area contributed by atoms with E-state index in [1.165, 1.54) is 0 Å². The van der Waals surface area contributed by atoms with Gasteiger partial charge in [-0.3, -0.25) is 9.59 Å². The minimum atomic E-state index is -0.336. The molecule has 0 amide bonds. The van der Waals surface area contributed by atoms with Crippen molar-refractivity contribution in [1.82, 2.24) is 0 Å². The number of hydrogen-bond donors (Lipinski definition) is 0. The molecule has 0 unspecified atom stereocenters. The Labute approximate surface area is 147 Å². The monoisotopic (exact) mass is 332 g/mol. The topological polar surface area (TPSA) is 43.4 Å². The Hall–Kier alpha value is -2.94. The molecule has 0 fully saturated rings. The number of benzene rings is 3. The number of Topliss-reactive ketones (excluding diaryl/α,β-unsaturated/α-hetero) is 1. The standard InChI is InChI=1S/C22H20O3/c1-2-25-21(24)15-14-20(23)22-18-11-7-6-10-17(18)12-13-19(22)16-8-4-3-5-9-16/h3-13H,2,14-15H2,1H3. The summed E-state index contributed by atoms with van der Waals surface area (Å²) in [5.74, 6) is -0.374. The average molecular weight is 332 g/mol. The predicted octanol–water partition coefficient (Wildman–Crippen LogP) is 5.03. The van der Waals surface area contributed by atoms with Gasteiger partial charge in [0.15, 0.2) is 5.78 Å². The maximum atomic E-state index is 13.0. The third-order valence-corrected chi connectivity index (χ3v) is 4.15. The summed E-state index contributed by atoms with van der Waals surface area (Å²) < 4.78 is 4.94. The molecule has 0 atom stereocenters. The highest BCUT2D eigenvalue weighted by atomic mass is 16.5. The zero-order valence-electron chi connectivity index (χ0n) is 14.2. The molecule has 0 heterocycles. The van der Waals surface area contributed by atoms with Crippen molar-refractivity contribution >= 4 is 22.5 Å². The Balaban J connectivity index is 2.04. The second kappa shape index (κ2) is 7.75. The molecule has 0 aromatic heterocycles. The molecule has 3 heteroatoms. The van der Waals surface area contributed by atoms with Crippen molar-refractivity contribution in [3.05, 3.63) is 72.3 Å². The van der Waals surface area contributed by atoms with Crippen molar-refractivity contribution in [2.45, 2.75) is 19.8 Å². The first kappa shape index (κ1) is 16.9. The van der Waals surface area contributed by atoms with E-state index < -0.39 is 0 Å². The van der Waals surface area contributed by atoms with E-state index in [0.717, 1.165) is 21.9 Å². The van der Waals surface area contributed by atoms with Crippen LogP contribution in [0.15, 0.2) is 66.7 Å². The zero-order valence-corrected chi connectivity index (χ0v) is 14.2. The number of rotatable bonds is 6. The smallest absolute Gasteiger partial charge is 0.306 e. The van der Waals surface area contributed by atoms with Gasteiger partial charge in [-0.1, -0.05) is 66.7 Å². The van der Waals surface area contributed by atoms with E-state index in [9.17, 15) is 9.59 Å². The van der Waals surface area contributed by atoms with Gasteiger partial charge < -0.3 is 4.74 Å². The van der Waals surface area contributed by atoms with Crippen molar-refractivity contribution < 1.29 is 14.3 Å². The molecule has 0 N–H and O–H groups in total. The van der Waals surface area contributed by atoms with Crippen LogP contribution in [0.1, 0.15) is 30.1 Å². The van der Waals surface area contributed by atoms with Crippen LogP contribution in [-0.2, 0) is 9.53 Å². The fourth-order valence-electron chi connectivity index (χ4n) is 3.00. The van der Waals surface area contributed by atoms with Crippen LogP contribution >= 0.6 is 0 Å². The van der Waals surface area contributed by atoms with Crippen LogP contribution in [0.25, 0.3) is 21.9 Å². The fourth-order valence-corrected chi connectivity index (χ4v) is 3.00. The lowest BCUT2D eigenvalue weighted by Gasteiger charge is -2.13. The number of carbonyl (C=O) groups excluding carboxylic acids is 2. The zero-order chi connectivity index (χ0) is 17.6. The minimum Gasteiger partial charge on any atom is -0.466 e. The second-order valence-corrected chi connectivity index (χ2v) is 5.80. The first-order valence-corrected chi connectivity index (χ1v) is 8.46. The summed E-state index contributed by atoms with van der Waals surface area (Å²) in [7, 11) is 0. The molecule has 0 spiro atoms. The summed E-state index contributed by atoms with van der Waals surface area (Å²) in [6.07, 6.45) is 0.247. The van der Waals surface area contributed by atoms with Crippen LogP contribution in [0.2, 0.25) is 0 Å². The van der Waals surface area contributed by atoms with Crippen LogP contribution < -0.4 is 0 Å². The lowest BCUT2D eigenvalue weighted by molar-refractivity contribution is -0.143. The van der Waals surface area contributed by atoms with E-state index >= 15 is 0 Å². The first-order valence-electron chi connectivity index (χ1n) is 8.46. The summed E-state index contributed by atoms with van der Waals surface area (Å²) >= 11 is 0. The summed E-state index contributed by atoms with van der Waals surface area (Å²) in [4.78, 5) is 24.6. The summed E-state index contributed by atoms with van der Waals surface area (Å²) in [5, 5.41) is 1.93. The number of carbonyl (C=O) groups is 2. The molecule has 3 rings (SSSR count). The lowest BCUT2D eigenvalue weighted by Crippen LogP contribution is -2.09. The number of fused-ring (bicyclic) bond motifs is 1. The van der Waals surface area contributed by atoms with Gasteiger partial charge >= 0.3 is 5.97 Å². The van der Waals surface area contributed by atoms with Gasteiger partial charge in [0.25, 0.3) is 0 Å². The molecule has 3 aromatic rings. The molecule has 0 saturated heterocycles. The summed E-state index contributed by atoms with van der Waals surface area (Å²) in [6.45, 7) is 2.09. The minimum absolute atomic E-state index is 0.0382. The lowest BCUT2D eigenvalue weighted by atomic mass is 9.90. The molecule has 3 aromatic carbocycles. The SMILES string of the molecule is CCOC(=O)CCC(=O)c1c(-c2ccccc2)ccc2ccccc12. The van der Waals surface area contributed by atoms with Gasteiger partial charge in [-0.05, 0) is 28.8 Å². The van der Waals surface area contributed by atoms with Gasteiger partial charge in [-0.2, -0.15) is 0 Å². The van der Waals surface area contributed by atoms with E-state index in [0.29, 0.717) is 12.2 Å². The third kappa shape index (κ3) is 3.77. The normalized spacial score (nSPS) is 10.6.